The lowest BCUT2D eigenvalue weighted by atomic mass is 9.93. The van der Waals surface area contributed by atoms with Gasteiger partial charge in [-0.1, -0.05) is 24.3 Å². The lowest BCUT2D eigenvalue weighted by Gasteiger charge is -2.25. The average Bonchev–Trinajstić information content (AvgIpc) is 2.37. The normalized spacial score (nSPS) is 15.9. The molecule has 1 unspecified atom stereocenters. The first kappa shape index (κ1) is 17.5. The monoisotopic (exact) mass is 311 g/mol. The summed E-state index contributed by atoms with van der Waals surface area (Å²) in [4.78, 5) is 21.7. The van der Waals surface area contributed by atoms with Crippen LogP contribution in [0.15, 0.2) is 24.3 Å². The van der Waals surface area contributed by atoms with Crippen molar-refractivity contribution < 1.29 is 19.4 Å². The summed E-state index contributed by atoms with van der Waals surface area (Å²) in [6.45, 7) is 6.03. The van der Waals surface area contributed by atoms with E-state index in [9.17, 15) is 9.59 Å². The van der Waals surface area contributed by atoms with Crippen LogP contribution in [0.25, 0.3) is 0 Å². The minimum absolute atomic E-state index is 0.431. The van der Waals surface area contributed by atoms with Crippen LogP contribution in [0, 0.1) is 0 Å². The zero-order valence-electron chi connectivity index (χ0n) is 12.6. The second kappa shape index (κ2) is 6.07. The number of hydrogen-bond donors (Lipinski definition) is 3. The van der Waals surface area contributed by atoms with Crippen molar-refractivity contribution in [1.29, 1.82) is 0 Å². The summed E-state index contributed by atoms with van der Waals surface area (Å²) >= 11 is 4.32. The molecule has 3 rings (SSSR count). The number of carbonyl (C=O) groups excluding carboxylic acids is 1. The van der Waals surface area contributed by atoms with Crippen molar-refractivity contribution in [1.82, 2.24) is 0 Å². The highest BCUT2D eigenvalue weighted by Gasteiger charge is 2.40. The van der Waals surface area contributed by atoms with Crippen LogP contribution in [-0.4, -0.2) is 28.2 Å². The highest BCUT2D eigenvalue weighted by atomic mass is 32.1. The van der Waals surface area contributed by atoms with E-state index in [2.05, 4.69) is 36.9 Å². The predicted octanol–water partition coefficient (Wildman–Crippen LogP) is 2.15. The Balaban J connectivity index is 0.000000230. The summed E-state index contributed by atoms with van der Waals surface area (Å²) in [6.07, 6.45) is 0. The number of esters is 1. The third-order valence-electron chi connectivity index (χ3n) is 2.81. The van der Waals surface area contributed by atoms with E-state index in [1.807, 2.05) is 0 Å². The molecule has 0 fully saturated rings. The fourth-order valence-electron chi connectivity index (χ4n) is 1.47. The van der Waals surface area contributed by atoms with Crippen LogP contribution in [0.2, 0.25) is 0 Å². The zero-order valence-corrected chi connectivity index (χ0v) is 13.5. The number of ether oxygens (including phenoxy) is 1. The van der Waals surface area contributed by atoms with E-state index < -0.39 is 23.1 Å². The second-order valence-corrected chi connectivity index (χ2v) is 6.60. The van der Waals surface area contributed by atoms with Gasteiger partial charge in [0.2, 0.25) is 5.54 Å². The van der Waals surface area contributed by atoms with Gasteiger partial charge in [-0.25, -0.2) is 9.59 Å². The number of thiol groups is 1. The first-order valence-electron chi connectivity index (χ1n) is 6.49. The smallest absolute Gasteiger partial charge is 0.338 e. The highest BCUT2D eigenvalue weighted by molar-refractivity contribution is 7.80. The van der Waals surface area contributed by atoms with Crippen LogP contribution in [0.4, 0.5) is 0 Å². The quantitative estimate of drug-likeness (QED) is 0.442. The summed E-state index contributed by atoms with van der Waals surface area (Å²) in [6, 6.07) is 8.43. The molecule has 2 bridgehead atoms. The van der Waals surface area contributed by atoms with Crippen molar-refractivity contribution in [3.05, 3.63) is 35.4 Å². The minimum atomic E-state index is -1.98. The van der Waals surface area contributed by atoms with Crippen molar-refractivity contribution in [3.8, 4) is 0 Å². The lowest BCUT2D eigenvalue weighted by Crippen LogP contribution is -2.54. The number of carboxylic acids is 1. The van der Waals surface area contributed by atoms with E-state index in [0.29, 0.717) is 5.25 Å². The Morgan fingerprint density at radius 3 is 1.95 bits per heavy atom. The van der Waals surface area contributed by atoms with Crippen LogP contribution >= 0.6 is 12.6 Å². The molecular formula is C15H21NO4S. The summed E-state index contributed by atoms with van der Waals surface area (Å²) in [5, 5.41) is 9.01. The first-order chi connectivity index (χ1) is 9.45. The molecule has 6 heteroatoms. The number of rotatable bonds is 2. The first-order valence-corrected chi connectivity index (χ1v) is 7.00. The number of fused-ring (bicyclic) bond motifs is 2. The van der Waals surface area contributed by atoms with Crippen LogP contribution in [0.1, 0.15) is 44.1 Å². The Kier molecular flexibility index (Phi) is 5.07. The molecule has 2 aliphatic rings. The molecule has 0 spiro atoms. The third-order valence-corrected chi connectivity index (χ3v) is 3.41. The minimum Gasteiger partial charge on any atom is -0.479 e. The van der Waals surface area contributed by atoms with Gasteiger partial charge in [0.25, 0.3) is 0 Å². The molecule has 5 nitrogen and oxygen atoms in total. The second-order valence-electron chi connectivity index (χ2n) is 6.08. The maximum Gasteiger partial charge on any atom is 0.338 e. The van der Waals surface area contributed by atoms with Gasteiger partial charge >= 0.3 is 11.9 Å². The molecule has 2 aliphatic carbocycles. The van der Waals surface area contributed by atoms with Crippen molar-refractivity contribution in [2.24, 2.45) is 5.73 Å². The van der Waals surface area contributed by atoms with Gasteiger partial charge in [0.15, 0.2) is 0 Å². The van der Waals surface area contributed by atoms with Crippen molar-refractivity contribution in [2.45, 2.75) is 44.1 Å². The Hall–Kier alpha value is -1.53. The zero-order chi connectivity index (χ0) is 16.4. The Bertz CT molecular complexity index is 522. The Morgan fingerprint density at radius 1 is 1.24 bits per heavy atom. The van der Waals surface area contributed by atoms with Gasteiger partial charge in [-0.15, -0.1) is 0 Å². The maximum atomic E-state index is 11.2. The predicted molar refractivity (Wildman–Crippen MR) is 83.3 cm³/mol. The summed E-state index contributed by atoms with van der Waals surface area (Å²) < 4.78 is 4.82. The number of nitrogens with two attached hydrogens (primary N) is 1. The van der Waals surface area contributed by atoms with E-state index in [1.54, 1.807) is 20.8 Å². The summed E-state index contributed by atoms with van der Waals surface area (Å²) in [7, 11) is 0. The molecular weight excluding hydrogens is 290 g/mol. The molecule has 0 aliphatic heterocycles. The molecule has 1 aromatic carbocycles. The Morgan fingerprint density at radius 2 is 1.71 bits per heavy atom. The van der Waals surface area contributed by atoms with Gasteiger partial charge in [-0.3, -0.25) is 0 Å². The molecule has 0 saturated carbocycles. The van der Waals surface area contributed by atoms with Crippen LogP contribution in [-0.2, 0) is 14.3 Å². The van der Waals surface area contributed by atoms with Gasteiger partial charge in [0.05, 0.1) is 5.25 Å². The number of benzene rings is 1. The highest BCUT2D eigenvalue weighted by Crippen LogP contribution is 2.37. The van der Waals surface area contributed by atoms with Gasteiger partial charge in [-0.2, -0.15) is 12.6 Å². The maximum absolute atomic E-state index is 11.2. The van der Waals surface area contributed by atoms with E-state index in [4.69, 9.17) is 15.6 Å². The van der Waals surface area contributed by atoms with Gasteiger partial charge in [-0.05, 0) is 38.8 Å². The largest absolute Gasteiger partial charge is 0.479 e. The average molecular weight is 311 g/mol. The fraction of sp³-hybridized carbons (Fsp3) is 0.467. The molecule has 116 valence electrons. The van der Waals surface area contributed by atoms with Crippen LogP contribution in [0.3, 0.4) is 0 Å². The molecule has 0 aromatic heterocycles. The van der Waals surface area contributed by atoms with Crippen LogP contribution in [0.5, 0.6) is 0 Å². The summed E-state index contributed by atoms with van der Waals surface area (Å²) in [5.74, 6) is -2.34. The van der Waals surface area contributed by atoms with Crippen molar-refractivity contribution >= 4 is 24.6 Å². The van der Waals surface area contributed by atoms with E-state index in [1.165, 1.54) is 11.1 Å². The van der Waals surface area contributed by atoms with Gasteiger partial charge < -0.3 is 15.6 Å². The topological polar surface area (TPSA) is 89.6 Å². The van der Waals surface area contributed by atoms with Gasteiger partial charge in [0.1, 0.15) is 5.60 Å². The molecule has 0 amide bonds. The third kappa shape index (κ3) is 4.47. The lowest BCUT2D eigenvalue weighted by molar-refractivity contribution is -0.168. The molecule has 1 atom stereocenters. The summed E-state index contributed by atoms with van der Waals surface area (Å²) in [5.41, 5.74) is 5.23. The van der Waals surface area contributed by atoms with Crippen molar-refractivity contribution in [2.75, 3.05) is 0 Å². The molecule has 3 N–H and O–H groups in total. The van der Waals surface area contributed by atoms with Crippen molar-refractivity contribution in [3.63, 3.8) is 0 Å². The fourth-order valence-corrected chi connectivity index (χ4v) is 1.79. The standard InChI is InChI=1S/C8H15NO4.C7H6S/c1-7(2,3)13-6(12)8(4,9)5(10)11;8-7-5-2-1-3-6(7)4-5/h9H2,1-4H3,(H,10,11);1-4,7-8H. The van der Waals surface area contributed by atoms with E-state index in [0.717, 1.165) is 6.92 Å². The molecule has 21 heavy (non-hydrogen) atoms. The van der Waals surface area contributed by atoms with Crippen LogP contribution < -0.4 is 5.73 Å². The molecule has 0 heterocycles. The molecule has 1 aromatic rings. The SMILES string of the molecule is CC(C)(C)OC(=O)C(C)(N)C(=O)O.SC1c2cccc1c2. The number of aliphatic carboxylic acids is 1. The van der Waals surface area contributed by atoms with E-state index in [-0.39, 0.29) is 0 Å². The molecule has 0 saturated heterocycles. The number of carbonyl (C=O) groups is 2. The number of hydrogen-bond acceptors (Lipinski definition) is 5. The Labute approximate surface area is 129 Å². The molecule has 0 radical (unpaired) electrons. The van der Waals surface area contributed by atoms with E-state index >= 15 is 0 Å². The van der Waals surface area contributed by atoms with Gasteiger partial charge in [0, 0.05) is 0 Å². The number of carboxylic acid groups (broad SMARTS) is 1.